The predicted octanol–water partition coefficient (Wildman–Crippen LogP) is 4.51. The smallest absolute Gasteiger partial charge is 0.237 e. The summed E-state index contributed by atoms with van der Waals surface area (Å²) in [5, 5.41) is 2.81. The molecule has 1 saturated heterocycles. The summed E-state index contributed by atoms with van der Waals surface area (Å²) >= 11 is 13.4. The van der Waals surface area contributed by atoms with Gasteiger partial charge in [0.1, 0.15) is 5.88 Å². The van der Waals surface area contributed by atoms with E-state index in [1.807, 2.05) is 35.4 Å². The number of hydrogen-bond donors (Lipinski definition) is 0. The summed E-state index contributed by atoms with van der Waals surface area (Å²) in [4.78, 5) is 19.7. The molecule has 1 amide bonds. The number of rotatable bonds is 7. The molecular weight excluding hydrogens is 417 g/mol. The van der Waals surface area contributed by atoms with E-state index in [2.05, 4.69) is 9.78 Å². The Morgan fingerprint density at radius 2 is 2.18 bits per heavy atom. The van der Waals surface area contributed by atoms with Gasteiger partial charge in [-0.2, -0.15) is 0 Å². The SMILES string of the molecule is O=C(CCl)N(CCc1csc2nc(-c3ccc(Cl)cc3)cn12)CC1CCCO1. The highest BCUT2D eigenvalue weighted by Crippen LogP contribution is 2.25. The minimum absolute atomic E-state index is 0.00242. The van der Waals surface area contributed by atoms with Gasteiger partial charge in [0.15, 0.2) is 4.96 Å². The summed E-state index contributed by atoms with van der Waals surface area (Å²) in [6.45, 7) is 2.01. The van der Waals surface area contributed by atoms with Crippen molar-refractivity contribution in [3.8, 4) is 11.3 Å². The molecule has 0 radical (unpaired) electrons. The van der Waals surface area contributed by atoms with Crippen LogP contribution in [0.2, 0.25) is 5.02 Å². The van der Waals surface area contributed by atoms with Crippen LogP contribution in [-0.2, 0) is 16.0 Å². The average Bonchev–Trinajstić information content (AvgIpc) is 3.43. The van der Waals surface area contributed by atoms with Crippen LogP contribution in [0.4, 0.5) is 0 Å². The maximum Gasteiger partial charge on any atom is 0.237 e. The van der Waals surface area contributed by atoms with Gasteiger partial charge in [0.25, 0.3) is 0 Å². The first-order valence-electron chi connectivity index (χ1n) is 9.31. The maximum absolute atomic E-state index is 12.3. The van der Waals surface area contributed by atoms with Gasteiger partial charge in [-0.1, -0.05) is 23.7 Å². The zero-order valence-corrected chi connectivity index (χ0v) is 17.6. The molecule has 1 aromatic carbocycles. The van der Waals surface area contributed by atoms with Gasteiger partial charge >= 0.3 is 0 Å². The molecule has 0 spiro atoms. The van der Waals surface area contributed by atoms with E-state index in [1.165, 1.54) is 0 Å². The molecule has 0 N–H and O–H groups in total. The van der Waals surface area contributed by atoms with Crippen LogP contribution in [-0.4, -0.2) is 51.9 Å². The Hall–Kier alpha value is -1.60. The molecule has 3 heterocycles. The lowest BCUT2D eigenvalue weighted by Gasteiger charge is -2.24. The molecule has 0 saturated carbocycles. The lowest BCUT2D eigenvalue weighted by atomic mass is 10.2. The molecule has 1 aliphatic heterocycles. The monoisotopic (exact) mass is 437 g/mol. The van der Waals surface area contributed by atoms with Crippen molar-refractivity contribution in [2.24, 2.45) is 0 Å². The van der Waals surface area contributed by atoms with Gasteiger partial charge in [0, 0.05) is 54.0 Å². The predicted molar refractivity (Wildman–Crippen MR) is 113 cm³/mol. The quantitative estimate of drug-likeness (QED) is 0.510. The van der Waals surface area contributed by atoms with Crippen molar-refractivity contribution in [3.63, 3.8) is 0 Å². The van der Waals surface area contributed by atoms with Crippen molar-refractivity contribution < 1.29 is 9.53 Å². The third-order valence-electron chi connectivity index (χ3n) is 4.98. The van der Waals surface area contributed by atoms with E-state index in [-0.39, 0.29) is 17.9 Å². The molecule has 5 nitrogen and oxygen atoms in total. The molecule has 1 aliphatic rings. The Morgan fingerprint density at radius 1 is 1.36 bits per heavy atom. The maximum atomic E-state index is 12.3. The highest BCUT2D eigenvalue weighted by Gasteiger charge is 2.22. The van der Waals surface area contributed by atoms with E-state index in [1.54, 1.807) is 11.3 Å². The number of imidazole rings is 1. The van der Waals surface area contributed by atoms with Crippen LogP contribution in [0.3, 0.4) is 0 Å². The van der Waals surface area contributed by atoms with E-state index in [9.17, 15) is 4.79 Å². The summed E-state index contributed by atoms with van der Waals surface area (Å²) in [6.07, 6.45) is 4.96. The molecule has 8 heteroatoms. The first-order chi connectivity index (χ1) is 13.6. The first kappa shape index (κ1) is 19.7. The summed E-state index contributed by atoms with van der Waals surface area (Å²) in [5.41, 5.74) is 3.08. The lowest BCUT2D eigenvalue weighted by Crippen LogP contribution is -2.39. The molecule has 3 aromatic rings. The second-order valence-electron chi connectivity index (χ2n) is 6.87. The van der Waals surface area contributed by atoms with Gasteiger partial charge in [-0.05, 0) is 25.0 Å². The first-order valence-corrected chi connectivity index (χ1v) is 11.1. The molecule has 2 aromatic heterocycles. The van der Waals surface area contributed by atoms with Crippen LogP contribution in [0.1, 0.15) is 18.5 Å². The molecule has 1 unspecified atom stereocenters. The zero-order valence-electron chi connectivity index (χ0n) is 15.3. The van der Waals surface area contributed by atoms with Crippen LogP contribution in [0.15, 0.2) is 35.8 Å². The summed E-state index contributed by atoms with van der Waals surface area (Å²) < 4.78 is 7.79. The lowest BCUT2D eigenvalue weighted by molar-refractivity contribution is -0.130. The molecular formula is C20H21Cl2N3O2S. The second kappa shape index (κ2) is 8.82. The van der Waals surface area contributed by atoms with Crippen LogP contribution in [0.5, 0.6) is 0 Å². The summed E-state index contributed by atoms with van der Waals surface area (Å²) in [6, 6.07) is 7.67. The number of fused-ring (bicyclic) bond motifs is 1. The minimum atomic E-state index is -0.0453. The van der Waals surface area contributed by atoms with E-state index >= 15 is 0 Å². The number of amides is 1. The van der Waals surface area contributed by atoms with Crippen LogP contribution < -0.4 is 0 Å². The van der Waals surface area contributed by atoms with Crippen molar-refractivity contribution >= 4 is 45.4 Å². The van der Waals surface area contributed by atoms with Crippen LogP contribution >= 0.6 is 34.5 Å². The standard InChI is InChI=1S/C20H21Cl2N3O2S/c21-10-19(26)24(11-17-2-1-9-27-17)8-7-16-13-28-20-23-18(12-25(16)20)14-3-5-15(22)6-4-14/h3-6,12-13,17H,1-2,7-11H2. The number of alkyl halides is 1. The van der Waals surface area contributed by atoms with Gasteiger partial charge in [0.05, 0.1) is 11.8 Å². The van der Waals surface area contributed by atoms with Crippen molar-refractivity contribution in [3.05, 3.63) is 46.6 Å². The number of nitrogens with zero attached hydrogens (tertiary/aromatic N) is 3. The number of halogens is 2. The highest BCUT2D eigenvalue weighted by atomic mass is 35.5. The zero-order chi connectivity index (χ0) is 19.5. The molecule has 1 atom stereocenters. The molecule has 1 fully saturated rings. The number of benzene rings is 1. The fourth-order valence-electron chi connectivity index (χ4n) is 3.45. The topological polar surface area (TPSA) is 46.8 Å². The Bertz CT molecular complexity index is 948. The van der Waals surface area contributed by atoms with E-state index in [0.29, 0.717) is 18.1 Å². The van der Waals surface area contributed by atoms with Crippen LogP contribution in [0.25, 0.3) is 16.2 Å². The Labute approximate surface area is 177 Å². The Kier molecular flexibility index (Phi) is 6.21. The Morgan fingerprint density at radius 3 is 2.89 bits per heavy atom. The fraction of sp³-hybridized carbons (Fsp3) is 0.400. The number of ether oxygens (including phenoxy) is 1. The largest absolute Gasteiger partial charge is 0.376 e. The third-order valence-corrected chi connectivity index (χ3v) is 6.35. The fourth-order valence-corrected chi connectivity index (χ4v) is 4.66. The van der Waals surface area contributed by atoms with Crippen molar-refractivity contribution in [2.75, 3.05) is 25.6 Å². The average molecular weight is 438 g/mol. The number of thiazole rings is 1. The van der Waals surface area contributed by atoms with Gasteiger partial charge in [-0.25, -0.2) is 4.98 Å². The van der Waals surface area contributed by atoms with Gasteiger partial charge < -0.3 is 9.64 Å². The van der Waals surface area contributed by atoms with Crippen molar-refractivity contribution in [1.82, 2.24) is 14.3 Å². The molecule has 148 valence electrons. The van der Waals surface area contributed by atoms with E-state index < -0.39 is 0 Å². The second-order valence-corrected chi connectivity index (χ2v) is 8.41. The molecule has 0 bridgehead atoms. The molecule has 4 rings (SSSR count). The third kappa shape index (κ3) is 4.35. The summed E-state index contributed by atoms with van der Waals surface area (Å²) in [7, 11) is 0. The number of carbonyl (C=O) groups is 1. The van der Waals surface area contributed by atoms with E-state index in [4.69, 9.17) is 32.9 Å². The summed E-state index contributed by atoms with van der Waals surface area (Å²) in [5.74, 6) is -0.0477. The van der Waals surface area contributed by atoms with Crippen molar-refractivity contribution in [2.45, 2.75) is 25.4 Å². The van der Waals surface area contributed by atoms with Gasteiger partial charge in [-0.3, -0.25) is 9.20 Å². The Balaban J connectivity index is 1.48. The normalized spacial score (nSPS) is 16.7. The van der Waals surface area contributed by atoms with Gasteiger partial charge in [0.2, 0.25) is 5.91 Å². The highest BCUT2D eigenvalue weighted by molar-refractivity contribution is 7.15. The number of aromatic nitrogens is 2. The minimum Gasteiger partial charge on any atom is -0.376 e. The van der Waals surface area contributed by atoms with E-state index in [0.717, 1.165) is 47.8 Å². The van der Waals surface area contributed by atoms with Gasteiger partial charge in [-0.15, -0.1) is 22.9 Å². The van der Waals surface area contributed by atoms with Crippen molar-refractivity contribution in [1.29, 1.82) is 0 Å². The van der Waals surface area contributed by atoms with Crippen LogP contribution in [0, 0.1) is 0 Å². The molecule has 0 aliphatic carbocycles. The number of carbonyl (C=O) groups excluding carboxylic acids is 1. The number of hydrogen-bond acceptors (Lipinski definition) is 4. The molecule has 28 heavy (non-hydrogen) atoms.